The molecule has 0 aromatic heterocycles. The van der Waals surface area contributed by atoms with Crippen LogP contribution in [0.15, 0.2) is 42.5 Å². The summed E-state index contributed by atoms with van der Waals surface area (Å²) in [5.41, 5.74) is 0.459. The Kier molecular flexibility index (Phi) is 3.50. The number of imide groups is 2. The van der Waals surface area contributed by atoms with Gasteiger partial charge in [-0.05, 0) is 29.8 Å². The van der Waals surface area contributed by atoms with E-state index in [9.17, 15) is 14.4 Å². The molecule has 2 N–H and O–H groups in total. The van der Waals surface area contributed by atoms with Gasteiger partial charge in [0.25, 0.3) is 0 Å². The molecule has 2 aliphatic heterocycles. The molecule has 0 spiro atoms. The van der Waals surface area contributed by atoms with Crippen LogP contribution in [0.1, 0.15) is 11.5 Å². The molecule has 0 saturated carbocycles. The monoisotopic (exact) mass is 340 g/mol. The number of hydrogen-bond donors (Lipinski definition) is 2. The Morgan fingerprint density at radius 2 is 1.48 bits per heavy atom. The van der Waals surface area contributed by atoms with Gasteiger partial charge in [0.05, 0.1) is 0 Å². The minimum Gasteiger partial charge on any atom is -0.457 e. The molecule has 2 aliphatic rings. The molecule has 8 heteroatoms. The molecule has 2 aromatic rings. The summed E-state index contributed by atoms with van der Waals surface area (Å²) in [6.45, 7) is 0.182. The molecule has 1 saturated heterocycles. The molecule has 0 radical (unpaired) electrons. The second kappa shape index (κ2) is 5.82. The second-order valence-electron chi connectivity index (χ2n) is 5.43. The van der Waals surface area contributed by atoms with E-state index in [4.69, 9.17) is 14.2 Å². The third-order valence-electron chi connectivity index (χ3n) is 3.79. The van der Waals surface area contributed by atoms with Crippen molar-refractivity contribution in [3.63, 3.8) is 0 Å². The number of rotatable bonds is 3. The van der Waals surface area contributed by atoms with Gasteiger partial charge in [-0.15, -0.1) is 0 Å². The van der Waals surface area contributed by atoms with Crippen LogP contribution in [0.5, 0.6) is 23.0 Å². The number of nitrogens with one attached hydrogen (secondary N) is 2. The largest absolute Gasteiger partial charge is 0.457 e. The van der Waals surface area contributed by atoms with Crippen LogP contribution < -0.4 is 24.8 Å². The van der Waals surface area contributed by atoms with Crippen molar-refractivity contribution in [2.45, 2.75) is 5.92 Å². The van der Waals surface area contributed by atoms with E-state index in [-0.39, 0.29) is 6.79 Å². The highest BCUT2D eigenvalue weighted by atomic mass is 16.7. The maximum absolute atomic E-state index is 11.9. The molecule has 0 unspecified atom stereocenters. The first-order valence-corrected chi connectivity index (χ1v) is 7.43. The van der Waals surface area contributed by atoms with Crippen LogP contribution >= 0.6 is 0 Å². The Bertz CT molecular complexity index is 857. The van der Waals surface area contributed by atoms with Gasteiger partial charge in [-0.3, -0.25) is 20.2 Å². The van der Waals surface area contributed by atoms with Crippen molar-refractivity contribution in [2.24, 2.45) is 0 Å². The van der Waals surface area contributed by atoms with Crippen molar-refractivity contribution in [3.05, 3.63) is 48.0 Å². The average molecular weight is 340 g/mol. The van der Waals surface area contributed by atoms with Gasteiger partial charge >= 0.3 is 6.03 Å². The number of fused-ring (bicyclic) bond motifs is 1. The Labute approximate surface area is 141 Å². The third-order valence-corrected chi connectivity index (χ3v) is 3.79. The van der Waals surface area contributed by atoms with E-state index in [1.807, 2.05) is 0 Å². The number of carbonyl (C=O) groups is 3. The molecular weight excluding hydrogens is 328 g/mol. The molecule has 0 aliphatic carbocycles. The van der Waals surface area contributed by atoms with Gasteiger partial charge in [-0.1, -0.05) is 12.1 Å². The van der Waals surface area contributed by atoms with E-state index in [1.165, 1.54) is 0 Å². The predicted molar refractivity (Wildman–Crippen MR) is 83.5 cm³/mol. The van der Waals surface area contributed by atoms with Gasteiger partial charge in [0.15, 0.2) is 11.5 Å². The summed E-state index contributed by atoms with van der Waals surface area (Å²) in [5, 5.41) is 4.14. The van der Waals surface area contributed by atoms with Crippen LogP contribution in [0.2, 0.25) is 0 Å². The number of urea groups is 1. The minimum atomic E-state index is -1.07. The van der Waals surface area contributed by atoms with Crippen LogP contribution in [0, 0.1) is 0 Å². The predicted octanol–water partition coefficient (Wildman–Crippen LogP) is 1.66. The fourth-order valence-electron chi connectivity index (χ4n) is 2.63. The first-order valence-electron chi connectivity index (χ1n) is 7.43. The van der Waals surface area contributed by atoms with Gasteiger partial charge in [-0.2, -0.15) is 0 Å². The fourth-order valence-corrected chi connectivity index (χ4v) is 2.63. The van der Waals surface area contributed by atoms with Crippen LogP contribution in [-0.2, 0) is 9.59 Å². The topological polar surface area (TPSA) is 103 Å². The second-order valence-corrected chi connectivity index (χ2v) is 5.43. The zero-order chi connectivity index (χ0) is 17.4. The van der Waals surface area contributed by atoms with E-state index in [0.717, 1.165) is 0 Å². The van der Waals surface area contributed by atoms with Gasteiger partial charge in [0.2, 0.25) is 18.6 Å². The first kappa shape index (κ1) is 15.0. The number of amides is 4. The van der Waals surface area contributed by atoms with E-state index in [0.29, 0.717) is 28.6 Å². The zero-order valence-electron chi connectivity index (χ0n) is 12.8. The van der Waals surface area contributed by atoms with Crippen molar-refractivity contribution >= 4 is 17.8 Å². The summed E-state index contributed by atoms with van der Waals surface area (Å²) < 4.78 is 16.3. The normalized spacial score (nSPS) is 16.4. The minimum absolute atomic E-state index is 0.182. The number of barbiturate groups is 1. The van der Waals surface area contributed by atoms with Gasteiger partial charge in [-0.25, -0.2) is 4.79 Å². The maximum atomic E-state index is 11.9. The van der Waals surface area contributed by atoms with Crippen LogP contribution in [0.25, 0.3) is 0 Å². The molecule has 8 nitrogen and oxygen atoms in total. The summed E-state index contributed by atoms with van der Waals surface area (Å²) in [7, 11) is 0. The fraction of sp³-hybridized carbons (Fsp3) is 0.118. The summed E-state index contributed by atoms with van der Waals surface area (Å²) in [6, 6.07) is 10.9. The highest BCUT2D eigenvalue weighted by Crippen LogP contribution is 2.36. The van der Waals surface area contributed by atoms with E-state index in [1.54, 1.807) is 42.5 Å². The molecule has 25 heavy (non-hydrogen) atoms. The molecule has 0 atom stereocenters. The van der Waals surface area contributed by atoms with E-state index < -0.39 is 23.8 Å². The lowest BCUT2D eigenvalue weighted by atomic mass is 9.96. The molecular formula is C17H12N2O6. The third kappa shape index (κ3) is 2.85. The van der Waals surface area contributed by atoms with Gasteiger partial charge in [0.1, 0.15) is 17.4 Å². The number of carbonyl (C=O) groups excluding carboxylic acids is 3. The van der Waals surface area contributed by atoms with Gasteiger partial charge in [0, 0.05) is 6.07 Å². The number of hydrogen-bond acceptors (Lipinski definition) is 6. The summed E-state index contributed by atoms with van der Waals surface area (Å²) in [6.07, 6.45) is 0. The summed E-state index contributed by atoms with van der Waals surface area (Å²) >= 11 is 0. The van der Waals surface area contributed by atoms with E-state index in [2.05, 4.69) is 10.6 Å². The number of ether oxygens (including phenoxy) is 3. The van der Waals surface area contributed by atoms with Crippen LogP contribution in [0.3, 0.4) is 0 Å². The molecule has 4 rings (SSSR count). The van der Waals surface area contributed by atoms with Crippen LogP contribution in [-0.4, -0.2) is 24.6 Å². The summed E-state index contributed by atoms with van der Waals surface area (Å²) in [5.74, 6) is -0.0272. The summed E-state index contributed by atoms with van der Waals surface area (Å²) in [4.78, 5) is 34.8. The smallest absolute Gasteiger partial charge is 0.328 e. The number of benzene rings is 2. The highest BCUT2D eigenvalue weighted by molar-refractivity contribution is 6.19. The zero-order valence-corrected chi connectivity index (χ0v) is 12.8. The quantitative estimate of drug-likeness (QED) is 0.824. The van der Waals surface area contributed by atoms with Crippen LogP contribution in [0.4, 0.5) is 4.79 Å². The molecule has 1 fully saturated rings. The molecule has 2 heterocycles. The average Bonchev–Trinajstić information content (AvgIpc) is 3.03. The first-order chi connectivity index (χ1) is 12.1. The van der Waals surface area contributed by atoms with Crippen molar-refractivity contribution in [1.29, 1.82) is 0 Å². The van der Waals surface area contributed by atoms with Gasteiger partial charge < -0.3 is 14.2 Å². The molecule has 126 valence electrons. The lowest BCUT2D eigenvalue weighted by Crippen LogP contribution is -2.54. The van der Waals surface area contributed by atoms with Crippen molar-refractivity contribution in [3.8, 4) is 23.0 Å². The molecule has 0 bridgehead atoms. The lowest BCUT2D eigenvalue weighted by molar-refractivity contribution is -0.132. The van der Waals surface area contributed by atoms with E-state index >= 15 is 0 Å². The Hall–Kier alpha value is -3.55. The Morgan fingerprint density at radius 1 is 0.840 bits per heavy atom. The lowest BCUT2D eigenvalue weighted by Gasteiger charge is -2.20. The SMILES string of the molecule is O=C1NC(=O)C(c2ccc(Oc3ccc4c(c3)OCO4)cc2)C(=O)N1. The van der Waals surface area contributed by atoms with Crippen molar-refractivity contribution in [1.82, 2.24) is 10.6 Å². The Balaban J connectivity index is 1.51. The van der Waals surface area contributed by atoms with Crippen molar-refractivity contribution < 1.29 is 28.6 Å². The standard InChI is InChI=1S/C17H12N2O6/c20-15-14(16(21)19-17(22)18-15)9-1-3-10(4-2-9)25-11-5-6-12-13(7-11)24-8-23-12/h1-7,14H,8H2,(H2,18,19,20,21,22). The molecule has 4 amide bonds. The molecule has 2 aromatic carbocycles. The highest BCUT2D eigenvalue weighted by Gasteiger charge is 2.35. The maximum Gasteiger partial charge on any atom is 0.328 e. The van der Waals surface area contributed by atoms with Crippen molar-refractivity contribution in [2.75, 3.05) is 6.79 Å². The Morgan fingerprint density at radius 3 is 2.20 bits per heavy atom.